The van der Waals surface area contributed by atoms with Gasteiger partial charge in [0.25, 0.3) is 0 Å². The molecule has 23 heavy (non-hydrogen) atoms. The fraction of sp³-hybridized carbons (Fsp3) is 0.529. The number of nitrogens with zero attached hydrogens (tertiary/aromatic N) is 1. The summed E-state index contributed by atoms with van der Waals surface area (Å²) in [5.74, 6) is -0.0570. The molecule has 0 radical (unpaired) electrons. The van der Waals surface area contributed by atoms with Gasteiger partial charge in [0.2, 0.25) is 11.8 Å². The van der Waals surface area contributed by atoms with Crippen molar-refractivity contribution in [3.8, 4) is 0 Å². The monoisotopic (exact) mass is 339 g/mol. The zero-order valence-corrected chi connectivity index (χ0v) is 14.6. The number of para-hydroxylation sites is 1. The zero-order chi connectivity index (χ0) is 16.1. The summed E-state index contributed by atoms with van der Waals surface area (Å²) in [5.41, 5.74) is 7.61. The number of halogens is 1. The molecule has 1 aromatic carbocycles. The van der Waals surface area contributed by atoms with Gasteiger partial charge in [-0.3, -0.25) is 9.59 Å². The van der Waals surface area contributed by atoms with Crippen LogP contribution in [0.15, 0.2) is 24.3 Å². The molecular formula is C17H26ClN3O2. The summed E-state index contributed by atoms with van der Waals surface area (Å²) in [7, 11) is 0. The van der Waals surface area contributed by atoms with Gasteiger partial charge < -0.3 is 16.0 Å². The lowest BCUT2D eigenvalue weighted by atomic mass is 10.1. The Morgan fingerprint density at radius 2 is 2.13 bits per heavy atom. The highest BCUT2D eigenvalue weighted by atomic mass is 35.5. The average Bonchev–Trinajstić information content (AvgIpc) is 2.93. The molecule has 128 valence electrons. The van der Waals surface area contributed by atoms with Gasteiger partial charge in [-0.25, -0.2) is 0 Å². The van der Waals surface area contributed by atoms with Crippen LogP contribution in [0.4, 0.5) is 5.69 Å². The van der Waals surface area contributed by atoms with Crippen LogP contribution in [0.2, 0.25) is 0 Å². The lowest BCUT2D eigenvalue weighted by Gasteiger charge is -2.20. The highest BCUT2D eigenvalue weighted by Crippen LogP contribution is 2.28. The first-order valence-electron chi connectivity index (χ1n) is 7.92. The molecule has 2 atom stereocenters. The third kappa shape index (κ3) is 4.69. The van der Waals surface area contributed by atoms with Crippen molar-refractivity contribution in [2.24, 2.45) is 17.6 Å². The number of aryl methyl sites for hydroxylation is 1. The molecule has 5 nitrogen and oxygen atoms in total. The normalized spacial score (nSPS) is 18.5. The number of carbonyl (C=O) groups excluding carboxylic acids is 2. The first-order chi connectivity index (χ1) is 10.6. The molecule has 3 N–H and O–H groups in total. The molecule has 0 aromatic heterocycles. The van der Waals surface area contributed by atoms with Crippen molar-refractivity contribution in [2.45, 2.75) is 26.7 Å². The van der Waals surface area contributed by atoms with E-state index in [9.17, 15) is 9.59 Å². The van der Waals surface area contributed by atoms with Crippen LogP contribution in [0.3, 0.4) is 0 Å². The van der Waals surface area contributed by atoms with E-state index < -0.39 is 0 Å². The maximum Gasteiger partial charge on any atom is 0.227 e. The molecule has 0 saturated carbocycles. The lowest BCUT2D eigenvalue weighted by Crippen LogP contribution is -2.36. The maximum absolute atomic E-state index is 12.3. The van der Waals surface area contributed by atoms with Crippen LogP contribution < -0.4 is 16.0 Å². The second-order valence-corrected chi connectivity index (χ2v) is 5.97. The minimum atomic E-state index is -0.276. The quantitative estimate of drug-likeness (QED) is 0.828. The van der Waals surface area contributed by atoms with Crippen molar-refractivity contribution in [2.75, 3.05) is 24.5 Å². The van der Waals surface area contributed by atoms with Crippen molar-refractivity contribution < 1.29 is 9.59 Å². The van der Waals surface area contributed by atoms with E-state index in [-0.39, 0.29) is 42.5 Å². The third-order valence-corrected chi connectivity index (χ3v) is 4.19. The number of rotatable bonds is 6. The molecule has 0 aliphatic carbocycles. The smallest absolute Gasteiger partial charge is 0.227 e. The van der Waals surface area contributed by atoms with Gasteiger partial charge in [-0.05, 0) is 30.5 Å². The van der Waals surface area contributed by atoms with Crippen LogP contribution >= 0.6 is 12.4 Å². The highest BCUT2D eigenvalue weighted by Gasteiger charge is 2.35. The molecule has 1 fully saturated rings. The Morgan fingerprint density at radius 1 is 1.43 bits per heavy atom. The van der Waals surface area contributed by atoms with E-state index in [1.165, 1.54) is 0 Å². The third-order valence-electron chi connectivity index (χ3n) is 4.19. The van der Waals surface area contributed by atoms with E-state index in [2.05, 4.69) is 12.2 Å². The Kier molecular flexibility index (Phi) is 7.52. The van der Waals surface area contributed by atoms with Gasteiger partial charge in [-0.1, -0.05) is 32.0 Å². The molecule has 1 aromatic rings. The summed E-state index contributed by atoms with van der Waals surface area (Å²) in [6.07, 6.45) is 1.14. The van der Waals surface area contributed by atoms with Gasteiger partial charge >= 0.3 is 0 Å². The average molecular weight is 340 g/mol. The Hall–Kier alpha value is -1.59. The fourth-order valence-electron chi connectivity index (χ4n) is 2.69. The number of amides is 2. The first-order valence-corrected chi connectivity index (χ1v) is 7.92. The Labute approximate surface area is 144 Å². The summed E-state index contributed by atoms with van der Waals surface area (Å²) in [4.78, 5) is 26.2. The maximum atomic E-state index is 12.3. The van der Waals surface area contributed by atoms with E-state index in [0.29, 0.717) is 19.6 Å². The number of hydrogen-bond donors (Lipinski definition) is 2. The van der Waals surface area contributed by atoms with Crippen molar-refractivity contribution in [3.05, 3.63) is 29.8 Å². The van der Waals surface area contributed by atoms with Gasteiger partial charge in [-0.2, -0.15) is 0 Å². The molecule has 2 rings (SSSR count). The van der Waals surface area contributed by atoms with E-state index in [0.717, 1.165) is 17.7 Å². The number of hydrogen-bond acceptors (Lipinski definition) is 3. The predicted molar refractivity (Wildman–Crippen MR) is 94.8 cm³/mol. The molecule has 2 amide bonds. The number of benzene rings is 1. The van der Waals surface area contributed by atoms with Crippen LogP contribution in [0, 0.1) is 11.8 Å². The predicted octanol–water partition coefficient (Wildman–Crippen LogP) is 1.73. The second-order valence-electron chi connectivity index (χ2n) is 5.97. The van der Waals surface area contributed by atoms with Crippen LogP contribution in [0.25, 0.3) is 0 Å². The van der Waals surface area contributed by atoms with E-state index in [1.54, 1.807) is 4.90 Å². The van der Waals surface area contributed by atoms with E-state index in [4.69, 9.17) is 5.73 Å². The molecular weight excluding hydrogens is 314 g/mol. The molecule has 1 aliphatic heterocycles. The van der Waals surface area contributed by atoms with Crippen molar-refractivity contribution in [1.82, 2.24) is 5.32 Å². The second kappa shape index (κ2) is 8.89. The Bertz CT molecular complexity index is 550. The SMILES string of the molecule is CCc1ccccc1N1CC(C(=O)NCC(C)CN)CC1=O.Cl. The molecule has 6 heteroatoms. The zero-order valence-electron chi connectivity index (χ0n) is 13.7. The first kappa shape index (κ1) is 19.5. The van der Waals surface area contributed by atoms with Crippen LogP contribution in [0.1, 0.15) is 25.8 Å². The lowest BCUT2D eigenvalue weighted by molar-refractivity contribution is -0.126. The Morgan fingerprint density at radius 3 is 2.78 bits per heavy atom. The van der Waals surface area contributed by atoms with Gasteiger partial charge in [0.1, 0.15) is 0 Å². The van der Waals surface area contributed by atoms with Gasteiger partial charge in [0.15, 0.2) is 0 Å². The summed E-state index contributed by atoms with van der Waals surface area (Å²) in [6.45, 7) is 5.62. The Balaban J connectivity index is 0.00000264. The largest absolute Gasteiger partial charge is 0.355 e. The molecule has 2 unspecified atom stereocenters. The molecule has 1 aliphatic rings. The highest BCUT2D eigenvalue weighted by molar-refractivity contribution is 6.00. The van der Waals surface area contributed by atoms with Crippen molar-refractivity contribution >= 4 is 29.9 Å². The number of nitrogens with two attached hydrogens (primary N) is 1. The van der Waals surface area contributed by atoms with Crippen LogP contribution in [0.5, 0.6) is 0 Å². The molecule has 1 heterocycles. The number of anilines is 1. The van der Waals surface area contributed by atoms with Crippen molar-refractivity contribution in [1.29, 1.82) is 0 Å². The van der Waals surface area contributed by atoms with Crippen LogP contribution in [-0.4, -0.2) is 31.4 Å². The minimum Gasteiger partial charge on any atom is -0.355 e. The molecule has 0 bridgehead atoms. The van der Waals surface area contributed by atoms with E-state index in [1.807, 2.05) is 31.2 Å². The summed E-state index contributed by atoms with van der Waals surface area (Å²) < 4.78 is 0. The van der Waals surface area contributed by atoms with Crippen LogP contribution in [-0.2, 0) is 16.0 Å². The van der Waals surface area contributed by atoms with Gasteiger partial charge in [-0.15, -0.1) is 12.4 Å². The summed E-state index contributed by atoms with van der Waals surface area (Å²) in [5, 5.41) is 2.90. The van der Waals surface area contributed by atoms with Gasteiger partial charge in [0, 0.05) is 25.2 Å². The molecule has 0 spiro atoms. The van der Waals surface area contributed by atoms with Crippen molar-refractivity contribution in [3.63, 3.8) is 0 Å². The topological polar surface area (TPSA) is 75.4 Å². The standard InChI is InChI=1S/C17H25N3O2.ClH/c1-3-13-6-4-5-7-15(13)20-11-14(8-16(20)21)17(22)19-10-12(2)9-18;/h4-7,12,14H,3,8-11,18H2,1-2H3,(H,19,22);1H. The summed E-state index contributed by atoms with van der Waals surface area (Å²) in [6, 6.07) is 7.88. The summed E-state index contributed by atoms with van der Waals surface area (Å²) >= 11 is 0. The fourth-order valence-corrected chi connectivity index (χ4v) is 2.69. The number of nitrogens with one attached hydrogen (secondary N) is 1. The molecule has 1 saturated heterocycles. The number of carbonyl (C=O) groups is 2. The van der Waals surface area contributed by atoms with E-state index >= 15 is 0 Å². The van der Waals surface area contributed by atoms with Gasteiger partial charge in [0.05, 0.1) is 5.92 Å². The minimum absolute atomic E-state index is 0.